The Morgan fingerprint density at radius 3 is 2.39 bits per heavy atom. The topological polar surface area (TPSA) is 93.9 Å². The minimum atomic E-state index is -5.19. The fourth-order valence-electron chi connectivity index (χ4n) is 2.70. The maximum absolute atomic E-state index is 13.8. The summed E-state index contributed by atoms with van der Waals surface area (Å²) in [6, 6.07) is 6.49. The number of aromatic nitrogens is 3. The zero-order valence-electron chi connectivity index (χ0n) is 15.2. The molecule has 31 heavy (non-hydrogen) atoms. The number of carbonyl (C=O) groups is 1. The summed E-state index contributed by atoms with van der Waals surface area (Å²) in [6.45, 7) is 1.40. The van der Waals surface area contributed by atoms with Crippen molar-refractivity contribution in [3.05, 3.63) is 69.2 Å². The fraction of sp³-hybridized carbons (Fsp3) is 0.118. The van der Waals surface area contributed by atoms with Gasteiger partial charge in [0.2, 0.25) is 0 Å². The standard InChI is InChI=1S/C17H10Cl2F4N4O3S/c1-8-6-9(18)7-10(19)14(8)27-15(17(21,22)23)13(24-26-27)16(28)25-31(29,30)12-5-3-2-4-11(12)20/h2-7H,1H3,(H,25,28). The van der Waals surface area contributed by atoms with E-state index >= 15 is 0 Å². The van der Waals surface area contributed by atoms with Crippen molar-refractivity contribution in [2.24, 2.45) is 0 Å². The molecule has 1 heterocycles. The molecule has 164 valence electrons. The Hall–Kier alpha value is -2.70. The number of amides is 1. The molecule has 0 unspecified atom stereocenters. The van der Waals surface area contributed by atoms with Crippen LogP contribution in [0.1, 0.15) is 21.7 Å². The first kappa shape index (κ1) is 23.0. The minimum absolute atomic E-state index is 0.147. The van der Waals surface area contributed by atoms with Crippen LogP contribution in [0.4, 0.5) is 17.6 Å². The van der Waals surface area contributed by atoms with Crippen molar-refractivity contribution in [3.63, 3.8) is 0 Å². The molecule has 1 aromatic heterocycles. The number of halogens is 6. The van der Waals surface area contributed by atoms with Gasteiger partial charge in [-0.3, -0.25) is 4.79 Å². The summed E-state index contributed by atoms with van der Waals surface area (Å²) in [4.78, 5) is 11.5. The van der Waals surface area contributed by atoms with E-state index in [1.165, 1.54) is 29.8 Å². The summed E-state index contributed by atoms with van der Waals surface area (Å²) in [5.41, 5.74) is -3.11. The van der Waals surface area contributed by atoms with E-state index in [0.717, 1.165) is 18.2 Å². The van der Waals surface area contributed by atoms with Crippen molar-refractivity contribution < 1.29 is 30.8 Å². The van der Waals surface area contributed by atoms with Gasteiger partial charge < -0.3 is 0 Å². The number of carbonyl (C=O) groups excluding carboxylic acids is 1. The van der Waals surface area contributed by atoms with Crippen molar-refractivity contribution >= 4 is 39.1 Å². The third-order valence-corrected chi connectivity index (χ3v) is 5.81. The number of aryl methyl sites for hydroxylation is 1. The lowest BCUT2D eigenvalue weighted by molar-refractivity contribution is -0.143. The molecule has 0 aliphatic heterocycles. The van der Waals surface area contributed by atoms with Crippen molar-refractivity contribution in [1.82, 2.24) is 19.7 Å². The number of hydrogen-bond acceptors (Lipinski definition) is 5. The van der Waals surface area contributed by atoms with Gasteiger partial charge in [-0.1, -0.05) is 40.5 Å². The normalized spacial score (nSPS) is 12.1. The number of nitrogens with one attached hydrogen (secondary N) is 1. The predicted octanol–water partition coefficient (Wildman–Crippen LogP) is 4.16. The van der Waals surface area contributed by atoms with Crippen molar-refractivity contribution in [1.29, 1.82) is 0 Å². The van der Waals surface area contributed by atoms with Crippen molar-refractivity contribution in [2.75, 3.05) is 0 Å². The maximum atomic E-state index is 13.8. The molecular weight excluding hydrogens is 487 g/mol. The molecule has 0 aliphatic rings. The molecule has 7 nitrogen and oxygen atoms in total. The highest BCUT2D eigenvalue weighted by Crippen LogP contribution is 2.36. The Labute approximate surface area is 182 Å². The number of benzene rings is 2. The number of sulfonamides is 1. The van der Waals surface area contributed by atoms with Crippen molar-refractivity contribution in [2.45, 2.75) is 18.0 Å². The molecule has 14 heteroatoms. The summed E-state index contributed by atoms with van der Waals surface area (Å²) in [5, 5.41) is 6.46. The number of rotatable bonds is 4. The van der Waals surface area contributed by atoms with Crippen LogP contribution in [0, 0.1) is 12.7 Å². The van der Waals surface area contributed by atoms with E-state index in [4.69, 9.17) is 23.2 Å². The average molecular weight is 497 g/mol. The monoisotopic (exact) mass is 496 g/mol. The van der Waals surface area contributed by atoms with Crippen LogP contribution < -0.4 is 4.72 Å². The molecule has 1 N–H and O–H groups in total. The van der Waals surface area contributed by atoms with E-state index in [0.29, 0.717) is 0 Å². The lowest BCUT2D eigenvalue weighted by Gasteiger charge is -2.14. The Morgan fingerprint density at radius 1 is 1.16 bits per heavy atom. The molecule has 2 aromatic carbocycles. The summed E-state index contributed by atoms with van der Waals surface area (Å²) < 4.78 is 81.3. The van der Waals surface area contributed by atoms with Crippen LogP contribution >= 0.6 is 23.2 Å². The second kappa shape index (κ2) is 8.09. The maximum Gasteiger partial charge on any atom is 0.435 e. The van der Waals surface area contributed by atoms with Gasteiger partial charge in [-0.05, 0) is 36.8 Å². The summed E-state index contributed by atoms with van der Waals surface area (Å²) >= 11 is 11.8. The lowest BCUT2D eigenvalue weighted by atomic mass is 10.2. The van der Waals surface area contributed by atoms with Gasteiger partial charge in [0, 0.05) is 5.02 Å². The summed E-state index contributed by atoms with van der Waals surface area (Å²) in [6.07, 6.45) is -5.19. The molecule has 3 aromatic rings. The Morgan fingerprint density at radius 2 is 1.81 bits per heavy atom. The van der Waals surface area contributed by atoms with Gasteiger partial charge in [-0.15, -0.1) is 5.10 Å². The molecule has 0 saturated heterocycles. The number of nitrogens with zero attached hydrogens (tertiary/aromatic N) is 3. The van der Waals surface area contributed by atoms with Gasteiger partial charge in [0.15, 0.2) is 11.4 Å². The lowest BCUT2D eigenvalue weighted by Crippen LogP contribution is -2.33. The highest BCUT2D eigenvalue weighted by molar-refractivity contribution is 7.90. The van der Waals surface area contributed by atoms with Crippen LogP contribution in [0.2, 0.25) is 10.0 Å². The van der Waals surface area contributed by atoms with Crippen molar-refractivity contribution in [3.8, 4) is 5.69 Å². The quantitative estimate of drug-likeness (QED) is 0.547. The molecule has 3 rings (SSSR count). The van der Waals surface area contributed by atoms with Crippen LogP contribution in [0.5, 0.6) is 0 Å². The van der Waals surface area contributed by atoms with E-state index in [1.807, 2.05) is 0 Å². The molecule has 0 fully saturated rings. The molecule has 0 saturated carbocycles. The SMILES string of the molecule is Cc1cc(Cl)cc(Cl)c1-n1nnc(C(=O)NS(=O)(=O)c2ccccc2F)c1C(F)(F)F. The Bertz CT molecular complexity index is 1270. The molecule has 0 radical (unpaired) electrons. The highest BCUT2D eigenvalue weighted by atomic mass is 35.5. The van der Waals surface area contributed by atoms with Crippen LogP contribution in [0.15, 0.2) is 41.3 Å². The second-order valence-electron chi connectivity index (χ2n) is 6.11. The zero-order valence-corrected chi connectivity index (χ0v) is 17.5. The summed E-state index contributed by atoms with van der Waals surface area (Å²) in [5.74, 6) is -2.96. The third-order valence-electron chi connectivity index (χ3n) is 3.94. The third kappa shape index (κ3) is 4.50. The highest BCUT2D eigenvalue weighted by Gasteiger charge is 2.43. The Kier molecular flexibility index (Phi) is 6.00. The van der Waals surface area contributed by atoms with Crippen LogP contribution in [-0.2, 0) is 16.2 Å². The smallest absolute Gasteiger partial charge is 0.266 e. The van der Waals surface area contributed by atoms with E-state index in [9.17, 15) is 30.8 Å². The van der Waals surface area contributed by atoms with E-state index in [2.05, 4.69) is 10.3 Å². The molecular formula is C17H10Cl2F4N4O3S. The minimum Gasteiger partial charge on any atom is -0.266 e. The van der Waals surface area contributed by atoms with E-state index in [-0.39, 0.29) is 26.0 Å². The fourth-order valence-corrected chi connectivity index (χ4v) is 4.40. The first-order valence-corrected chi connectivity index (χ1v) is 10.4. The largest absolute Gasteiger partial charge is 0.435 e. The van der Waals surface area contributed by atoms with Crippen LogP contribution in [0.25, 0.3) is 5.69 Å². The zero-order chi connectivity index (χ0) is 23.1. The molecule has 0 aliphatic carbocycles. The first-order chi connectivity index (χ1) is 14.3. The predicted molar refractivity (Wildman–Crippen MR) is 102 cm³/mol. The number of alkyl halides is 3. The molecule has 0 atom stereocenters. The van der Waals surface area contributed by atoms with E-state index in [1.54, 1.807) is 0 Å². The van der Waals surface area contributed by atoms with Crippen LogP contribution in [0.3, 0.4) is 0 Å². The van der Waals surface area contributed by atoms with E-state index < -0.39 is 44.2 Å². The Balaban J connectivity index is 2.12. The van der Waals surface area contributed by atoms with Crippen LogP contribution in [-0.4, -0.2) is 29.3 Å². The molecule has 0 spiro atoms. The molecule has 1 amide bonds. The second-order valence-corrected chi connectivity index (χ2v) is 8.61. The van der Waals surface area contributed by atoms with Gasteiger partial charge in [-0.2, -0.15) is 13.2 Å². The average Bonchev–Trinajstić information content (AvgIpc) is 3.06. The number of hydrogen-bond donors (Lipinski definition) is 1. The van der Waals surface area contributed by atoms with Gasteiger partial charge >= 0.3 is 6.18 Å². The van der Waals surface area contributed by atoms with Gasteiger partial charge in [0.05, 0.1) is 10.7 Å². The van der Waals surface area contributed by atoms with Gasteiger partial charge in [0.1, 0.15) is 10.7 Å². The van der Waals surface area contributed by atoms with Gasteiger partial charge in [-0.25, -0.2) is 22.2 Å². The summed E-state index contributed by atoms with van der Waals surface area (Å²) in [7, 11) is -4.84. The first-order valence-electron chi connectivity index (χ1n) is 8.13. The molecule has 0 bridgehead atoms. The van der Waals surface area contributed by atoms with Gasteiger partial charge in [0.25, 0.3) is 15.9 Å².